The molecule has 0 fully saturated rings. The van der Waals surface area contributed by atoms with E-state index in [0.29, 0.717) is 17.5 Å². The number of fused-ring (bicyclic) bond motifs is 8. The highest BCUT2D eigenvalue weighted by Crippen LogP contribution is 2.43. The standard InChI is InChI=1S/C59H37N7/c1-4-16-38(17-5-1)41-22-15-25-44(37-41)65-52-28-12-10-26-45(52)47-30-31-48-46-27-11-13-29-53(46)66(55(48)54(47)65)59-49-32-33-50(61-51(49)34-35-60-59)42-23-14-24-43(36-42)58-63-56(39-18-6-2-7-19-39)62-57(64-58)40-20-8-3-9-21-40/h1-37H. The molecule has 8 aromatic carbocycles. The van der Waals surface area contributed by atoms with Gasteiger partial charge < -0.3 is 4.57 Å². The molecule has 0 atom stereocenters. The van der Waals surface area contributed by atoms with Gasteiger partial charge in [-0.25, -0.2) is 24.9 Å². The molecule has 0 spiro atoms. The summed E-state index contributed by atoms with van der Waals surface area (Å²) in [5.41, 5.74) is 13.2. The first-order valence-corrected chi connectivity index (χ1v) is 22.1. The molecule has 0 aliphatic carbocycles. The van der Waals surface area contributed by atoms with Gasteiger partial charge >= 0.3 is 0 Å². The van der Waals surface area contributed by atoms with E-state index in [-0.39, 0.29) is 0 Å². The molecule has 0 aliphatic heterocycles. The van der Waals surface area contributed by atoms with Crippen LogP contribution in [-0.2, 0) is 0 Å². The maximum Gasteiger partial charge on any atom is 0.164 e. The highest BCUT2D eigenvalue weighted by Gasteiger charge is 2.23. The molecule has 7 heteroatoms. The lowest BCUT2D eigenvalue weighted by atomic mass is 10.1. The van der Waals surface area contributed by atoms with E-state index in [1.165, 1.54) is 16.3 Å². The predicted octanol–water partition coefficient (Wildman–Crippen LogP) is 14.3. The van der Waals surface area contributed by atoms with Crippen LogP contribution in [0.15, 0.2) is 225 Å². The highest BCUT2D eigenvalue weighted by molar-refractivity contribution is 6.24. The lowest BCUT2D eigenvalue weighted by Crippen LogP contribution is -2.02. The Balaban J connectivity index is 0.987. The second-order valence-electron chi connectivity index (χ2n) is 16.5. The van der Waals surface area contributed by atoms with Crippen LogP contribution in [0.3, 0.4) is 0 Å². The number of benzene rings is 8. The largest absolute Gasteiger partial charge is 0.307 e. The number of para-hydroxylation sites is 2. The Morgan fingerprint density at radius 3 is 1.47 bits per heavy atom. The van der Waals surface area contributed by atoms with Crippen LogP contribution in [0.1, 0.15) is 0 Å². The van der Waals surface area contributed by atoms with Crippen LogP contribution >= 0.6 is 0 Å². The lowest BCUT2D eigenvalue weighted by Gasteiger charge is -2.14. The van der Waals surface area contributed by atoms with Crippen LogP contribution in [0.2, 0.25) is 0 Å². The van der Waals surface area contributed by atoms with E-state index in [1.54, 1.807) is 0 Å². The van der Waals surface area contributed by atoms with Crippen molar-refractivity contribution in [2.75, 3.05) is 0 Å². The van der Waals surface area contributed by atoms with Crippen molar-refractivity contribution >= 4 is 54.5 Å². The van der Waals surface area contributed by atoms with Crippen LogP contribution in [0.25, 0.3) is 123 Å². The summed E-state index contributed by atoms with van der Waals surface area (Å²) in [5, 5.41) is 5.64. The summed E-state index contributed by atoms with van der Waals surface area (Å²) < 4.78 is 4.78. The maximum absolute atomic E-state index is 5.33. The fourth-order valence-corrected chi connectivity index (χ4v) is 9.58. The van der Waals surface area contributed by atoms with Gasteiger partial charge in [-0.1, -0.05) is 170 Å². The Kier molecular flexibility index (Phi) is 8.70. The summed E-state index contributed by atoms with van der Waals surface area (Å²) in [5.74, 6) is 2.66. The number of pyridine rings is 2. The summed E-state index contributed by atoms with van der Waals surface area (Å²) >= 11 is 0. The zero-order valence-corrected chi connectivity index (χ0v) is 35.5. The van der Waals surface area contributed by atoms with Gasteiger partial charge in [0.15, 0.2) is 17.5 Å². The van der Waals surface area contributed by atoms with Gasteiger partial charge in [0.2, 0.25) is 0 Å². The van der Waals surface area contributed by atoms with Crippen molar-refractivity contribution < 1.29 is 0 Å². The van der Waals surface area contributed by atoms with E-state index in [1.807, 2.05) is 85.1 Å². The van der Waals surface area contributed by atoms with Gasteiger partial charge in [-0.3, -0.25) is 4.57 Å². The summed E-state index contributed by atoms with van der Waals surface area (Å²) in [6, 6.07) is 76.1. The molecule has 0 saturated carbocycles. The summed E-state index contributed by atoms with van der Waals surface area (Å²) in [7, 11) is 0. The minimum Gasteiger partial charge on any atom is -0.307 e. The molecule has 0 bridgehead atoms. The van der Waals surface area contributed by atoms with Gasteiger partial charge in [0.05, 0.1) is 33.3 Å². The quantitative estimate of drug-likeness (QED) is 0.160. The molecule has 0 N–H and O–H groups in total. The molecular weight excluding hydrogens is 807 g/mol. The number of nitrogens with zero attached hydrogens (tertiary/aromatic N) is 7. The Labute approximate surface area is 379 Å². The van der Waals surface area contributed by atoms with E-state index in [0.717, 1.165) is 88.8 Å². The predicted molar refractivity (Wildman–Crippen MR) is 269 cm³/mol. The van der Waals surface area contributed by atoms with Gasteiger partial charge in [-0.05, 0) is 59.7 Å². The minimum atomic E-state index is 0.596. The monoisotopic (exact) mass is 843 g/mol. The summed E-state index contributed by atoms with van der Waals surface area (Å²) in [6.07, 6.45) is 1.88. The first-order chi connectivity index (χ1) is 32.7. The molecule has 7 nitrogen and oxygen atoms in total. The van der Waals surface area contributed by atoms with Gasteiger partial charge in [0.1, 0.15) is 5.82 Å². The third-order valence-electron chi connectivity index (χ3n) is 12.6. The Morgan fingerprint density at radius 2 is 0.803 bits per heavy atom. The molecule has 13 rings (SSSR count). The smallest absolute Gasteiger partial charge is 0.164 e. The Morgan fingerprint density at radius 1 is 0.303 bits per heavy atom. The van der Waals surface area contributed by atoms with Gasteiger partial charge in [0, 0.05) is 61.1 Å². The fraction of sp³-hybridized carbons (Fsp3) is 0. The van der Waals surface area contributed by atoms with E-state index < -0.39 is 0 Å². The summed E-state index contributed by atoms with van der Waals surface area (Å²) in [4.78, 5) is 25.4. The molecule has 5 aromatic heterocycles. The third-order valence-corrected chi connectivity index (χ3v) is 12.6. The molecule has 0 radical (unpaired) electrons. The van der Waals surface area contributed by atoms with Crippen molar-refractivity contribution in [2.45, 2.75) is 0 Å². The normalized spacial score (nSPS) is 11.6. The average Bonchev–Trinajstić information content (AvgIpc) is 3.92. The van der Waals surface area contributed by atoms with E-state index >= 15 is 0 Å². The van der Waals surface area contributed by atoms with E-state index in [4.69, 9.17) is 24.9 Å². The van der Waals surface area contributed by atoms with E-state index in [2.05, 4.69) is 149 Å². The van der Waals surface area contributed by atoms with Crippen molar-refractivity contribution in [3.8, 4) is 68.1 Å². The average molecular weight is 844 g/mol. The van der Waals surface area contributed by atoms with Crippen LogP contribution in [-0.4, -0.2) is 34.1 Å². The molecule has 5 heterocycles. The maximum atomic E-state index is 5.33. The number of rotatable bonds is 7. The zero-order valence-electron chi connectivity index (χ0n) is 35.5. The molecule has 0 saturated heterocycles. The van der Waals surface area contributed by atoms with Gasteiger partial charge in [-0.2, -0.15) is 0 Å². The van der Waals surface area contributed by atoms with Crippen molar-refractivity contribution in [1.29, 1.82) is 0 Å². The zero-order chi connectivity index (χ0) is 43.6. The number of aromatic nitrogens is 7. The first kappa shape index (κ1) is 37.5. The SMILES string of the molecule is c1ccc(-c2cccc(-n3c4ccccc4c4ccc5c6ccccc6n(-c6nccc7nc(-c8cccc(-c9nc(-c%10ccccc%10)nc(-c%10ccccc%10)n9)c8)ccc67)c5c43)c2)cc1. The fourth-order valence-electron chi connectivity index (χ4n) is 9.58. The van der Waals surface area contributed by atoms with Crippen molar-refractivity contribution in [2.24, 2.45) is 0 Å². The van der Waals surface area contributed by atoms with Gasteiger partial charge in [0.25, 0.3) is 0 Å². The van der Waals surface area contributed by atoms with Crippen molar-refractivity contribution in [3.05, 3.63) is 225 Å². The molecule has 66 heavy (non-hydrogen) atoms. The van der Waals surface area contributed by atoms with Crippen LogP contribution < -0.4 is 0 Å². The lowest BCUT2D eigenvalue weighted by molar-refractivity contribution is 1.07. The second kappa shape index (κ2) is 15.3. The van der Waals surface area contributed by atoms with Crippen LogP contribution in [0.5, 0.6) is 0 Å². The third kappa shape index (κ3) is 6.17. The van der Waals surface area contributed by atoms with E-state index in [9.17, 15) is 0 Å². The topological polar surface area (TPSA) is 74.3 Å². The van der Waals surface area contributed by atoms with Crippen molar-refractivity contribution in [1.82, 2.24) is 34.1 Å². The van der Waals surface area contributed by atoms with Crippen molar-refractivity contribution in [3.63, 3.8) is 0 Å². The highest BCUT2D eigenvalue weighted by atomic mass is 15.1. The van der Waals surface area contributed by atoms with Gasteiger partial charge in [-0.15, -0.1) is 0 Å². The Bertz CT molecular complexity index is 3930. The molecule has 13 aromatic rings. The second-order valence-corrected chi connectivity index (χ2v) is 16.5. The number of hydrogen-bond donors (Lipinski definition) is 0. The molecule has 308 valence electrons. The molecule has 0 aliphatic rings. The molecular formula is C59H37N7. The molecule has 0 unspecified atom stereocenters. The minimum absolute atomic E-state index is 0.596. The first-order valence-electron chi connectivity index (χ1n) is 22.1. The molecule has 0 amide bonds. The van der Waals surface area contributed by atoms with Crippen LogP contribution in [0, 0.1) is 0 Å². The number of hydrogen-bond acceptors (Lipinski definition) is 5. The van der Waals surface area contributed by atoms with Crippen LogP contribution in [0.4, 0.5) is 0 Å². The summed E-state index contributed by atoms with van der Waals surface area (Å²) in [6.45, 7) is 0. The Hall–Kier alpha value is -9.07.